The van der Waals surface area contributed by atoms with E-state index in [1.165, 1.54) is 199 Å². The molecule has 0 nitrogen and oxygen atoms in total. The van der Waals surface area contributed by atoms with Crippen LogP contribution in [-0.4, -0.2) is 41.8 Å². The molecule has 0 saturated heterocycles. The van der Waals surface area contributed by atoms with Gasteiger partial charge in [-0.25, -0.2) is 0 Å². The van der Waals surface area contributed by atoms with Crippen molar-refractivity contribution in [2.75, 3.05) is 0 Å². The van der Waals surface area contributed by atoms with Gasteiger partial charge in [0.25, 0.3) is 0 Å². The topological polar surface area (TPSA) is 0 Å². The Hall–Kier alpha value is 0.719. The van der Waals surface area contributed by atoms with Gasteiger partial charge in [0.15, 0.2) is 0 Å². The fraction of sp³-hybridized carbons (Fsp3) is 0.727. The Balaban J connectivity index is 1.38. The Morgan fingerprint density at radius 2 is 0.542 bits per heavy atom. The Labute approximate surface area is 328 Å². The first kappa shape index (κ1) is 44.9. The Morgan fingerprint density at radius 3 is 0.792 bits per heavy atom. The van der Waals surface area contributed by atoms with Gasteiger partial charge in [-0.1, -0.05) is 52.4 Å². The molecule has 0 bridgehead atoms. The zero-order valence-corrected chi connectivity index (χ0v) is 37.8. The molecule has 0 amide bonds. The Kier molecular flexibility index (Phi) is 32.5. The summed E-state index contributed by atoms with van der Waals surface area (Å²) < 4.78 is 6.22. The third kappa shape index (κ3) is 27.4. The molecular weight excluding hydrogens is 848 g/mol. The number of hydrogen-bond acceptors (Lipinski definition) is 2. The van der Waals surface area contributed by atoms with Gasteiger partial charge in [0.1, 0.15) is 0 Å². The normalized spacial score (nSPS) is 11.5. The molecule has 0 aliphatic heterocycles. The first-order valence-electron chi connectivity index (χ1n) is 20.6. The summed E-state index contributed by atoms with van der Waals surface area (Å²) in [6, 6.07) is 19.1. The third-order valence-corrected chi connectivity index (χ3v) is 18.1. The van der Waals surface area contributed by atoms with E-state index in [1.807, 2.05) is 21.6 Å². The van der Waals surface area contributed by atoms with Crippen LogP contribution < -0.4 is 7.22 Å². The Bertz CT molecular complexity index is 852. The number of rotatable bonds is 35. The van der Waals surface area contributed by atoms with Crippen LogP contribution in [0.5, 0.6) is 0 Å². The first-order chi connectivity index (χ1) is 23.8. The van der Waals surface area contributed by atoms with Crippen molar-refractivity contribution in [2.24, 2.45) is 0 Å². The van der Waals surface area contributed by atoms with Crippen molar-refractivity contribution < 1.29 is 0 Å². The molecule has 4 heteroatoms. The van der Waals surface area contributed by atoms with Gasteiger partial charge in [-0.05, 0) is 0 Å². The van der Waals surface area contributed by atoms with E-state index in [0.717, 1.165) is 0 Å². The Morgan fingerprint density at radius 1 is 0.312 bits per heavy atom. The maximum atomic E-state index is 2.42. The average Bonchev–Trinajstić information content (AvgIpc) is 3.11. The molecule has 0 atom stereocenters. The second kappa shape index (κ2) is 34.8. The van der Waals surface area contributed by atoms with Crippen LogP contribution in [0.25, 0.3) is 0 Å². The van der Waals surface area contributed by atoms with Crippen LogP contribution in [-0.2, 0) is 0 Å². The van der Waals surface area contributed by atoms with Gasteiger partial charge in [0.2, 0.25) is 0 Å². The summed E-state index contributed by atoms with van der Waals surface area (Å²) in [5.74, 6) is 0. The van der Waals surface area contributed by atoms with E-state index in [9.17, 15) is 0 Å². The molecule has 0 unspecified atom stereocenters. The van der Waals surface area contributed by atoms with Gasteiger partial charge in [0.05, 0.1) is 0 Å². The molecule has 0 N–H and O–H groups in total. The van der Waals surface area contributed by atoms with Crippen LogP contribution in [0.15, 0.2) is 58.3 Å². The second-order valence-corrected chi connectivity index (χ2v) is 22.9. The molecule has 0 aliphatic carbocycles. The summed E-state index contributed by atoms with van der Waals surface area (Å²) in [4.78, 5) is 2.78. The van der Waals surface area contributed by atoms with Crippen molar-refractivity contribution in [3.63, 3.8) is 0 Å². The van der Waals surface area contributed by atoms with Crippen molar-refractivity contribution in [1.29, 1.82) is 0 Å². The molecule has 2 aromatic carbocycles. The second-order valence-electron chi connectivity index (χ2n) is 14.0. The van der Waals surface area contributed by atoms with Crippen molar-refractivity contribution in [3.05, 3.63) is 48.5 Å². The molecule has 0 spiro atoms. The summed E-state index contributed by atoms with van der Waals surface area (Å²) in [5, 5.41) is 0. The standard InChI is InChI=1S/C44H74S2Te2/c1-3-5-7-9-11-13-15-17-19-21-23-25-27-29-39-47-43-35-31-41(32-36-43)45-46-42-33-37-44(38-34-42)48-40-30-28-26-24-22-20-18-16-14-12-10-8-6-4-2/h31-38H,3-30,39-40H2,1-2H3. The monoisotopic (exact) mass is 926 g/mol. The van der Waals surface area contributed by atoms with Gasteiger partial charge < -0.3 is 0 Å². The predicted molar refractivity (Wildman–Crippen MR) is 226 cm³/mol. The van der Waals surface area contributed by atoms with Crippen LogP contribution in [0.4, 0.5) is 0 Å². The van der Waals surface area contributed by atoms with Crippen LogP contribution >= 0.6 is 21.6 Å². The quantitative estimate of drug-likeness (QED) is 0.0384. The summed E-state index contributed by atoms with van der Waals surface area (Å²) in [6.07, 6.45) is 40.7. The molecule has 0 heterocycles. The van der Waals surface area contributed by atoms with Crippen molar-refractivity contribution in [2.45, 2.75) is 212 Å². The zero-order valence-electron chi connectivity index (χ0n) is 31.5. The van der Waals surface area contributed by atoms with Gasteiger partial charge in [-0.3, -0.25) is 0 Å². The summed E-state index contributed by atoms with van der Waals surface area (Å²) in [5.41, 5.74) is 0. The SMILES string of the molecule is CCCCCCCCCCCCCCCC[Te]c1ccc(SSc2ccc([Te]CCCCCCCCCCCCCCCC)cc2)cc1. The number of benzene rings is 2. The van der Waals surface area contributed by atoms with Crippen LogP contribution in [0, 0.1) is 0 Å². The predicted octanol–water partition coefficient (Wildman–Crippen LogP) is 14.9. The van der Waals surface area contributed by atoms with E-state index in [-0.39, 0.29) is 41.8 Å². The minimum absolute atomic E-state index is 0.00777. The molecule has 0 fully saturated rings. The molecule has 274 valence electrons. The molecule has 0 radical (unpaired) electrons. The van der Waals surface area contributed by atoms with E-state index >= 15 is 0 Å². The van der Waals surface area contributed by atoms with E-state index in [2.05, 4.69) is 62.4 Å². The van der Waals surface area contributed by atoms with E-state index < -0.39 is 0 Å². The molecule has 2 rings (SSSR count). The fourth-order valence-corrected chi connectivity index (χ4v) is 13.4. The van der Waals surface area contributed by atoms with Crippen LogP contribution in [0.3, 0.4) is 0 Å². The number of hydrogen-bond donors (Lipinski definition) is 0. The van der Waals surface area contributed by atoms with E-state index in [1.54, 1.807) is 7.22 Å². The average molecular weight is 922 g/mol. The molecule has 2 aromatic rings. The minimum atomic E-state index is -0.00777. The van der Waals surface area contributed by atoms with E-state index in [4.69, 9.17) is 0 Å². The third-order valence-electron chi connectivity index (χ3n) is 9.41. The summed E-state index contributed by atoms with van der Waals surface area (Å²) in [7, 11) is 3.84. The van der Waals surface area contributed by atoms with Crippen LogP contribution in [0.1, 0.15) is 194 Å². The molecule has 0 aliphatic rings. The summed E-state index contributed by atoms with van der Waals surface area (Å²) in [6.45, 7) is 4.61. The van der Waals surface area contributed by atoms with Crippen LogP contribution in [0.2, 0.25) is 8.94 Å². The fourth-order valence-electron chi connectivity index (χ4n) is 6.25. The van der Waals surface area contributed by atoms with Gasteiger partial charge in [0, 0.05) is 0 Å². The van der Waals surface area contributed by atoms with E-state index in [0.29, 0.717) is 0 Å². The van der Waals surface area contributed by atoms with Gasteiger partial charge >= 0.3 is 279 Å². The zero-order chi connectivity index (χ0) is 34.0. The van der Waals surface area contributed by atoms with Gasteiger partial charge in [-0.2, -0.15) is 0 Å². The maximum absolute atomic E-state index is 2.42. The molecule has 0 aromatic heterocycles. The number of unbranched alkanes of at least 4 members (excludes halogenated alkanes) is 26. The van der Waals surface area contributed by atoms with Crippen molar-refractivity contribution in [1.82, 2.24) is 0 Å². The molecule has 48 heavy (non-hydrogen) atoms. The molecular formula is C44H74S2Te2. The van der Waals surface area contributed by atoms with Gasteiger partial charge in [-0.15, -0.1) is 0 Å². The molecule has 0 saturated carbocycles. The van der Waals surface area contributed by atoms with Crippen molar-refractivity contribution >= 4 is 70.7 Å². The summed E-state index contributed by atoms with van der Waals surface area (Å²) >= 11 is -0.0155. The first-order valence-corrected chi connectivity index (χ1v) is 28.4. The van der Waals surface area contributed by atoms with Crippen molar-refractivity contribution in [3.8, 4) is 0 Å².